The molecule has 0 spiro atoms. The van der Waals surface area contributed by atoms with E-state index < -0.39 is 0 Å². The lowest BCUT2D eigenvalue weighted by atomic mass is 10.00. The molecule has 2 nitrogen and oxygen atoms in total. The molecule has 1 aliphatic heterocycles. The summed E-state index contributed by atoms with van der Waals surface area (Å²) < 4.78 is 10.9. The Morgan fingerprint density at radius 3 is 2.79 bits per heavy atom. The molecule has 76 valence electrons. The monoisotopic (exact) mass is 192 g/mol. The molecule has 0 aliphatic carbocycles. The lowest BCUT2D eigenvalue weighted by Crippen LogP contribution is -1.93. The highest BCUT2D eigenvalue weighted by atomic mass is 16.5. The van der Waals surface area contributed by atoms with Crippen LogP contribution in [0.15, 0.2) is 12.1 Å². The predicted octanol–water partition coefficient (Wildman–Crippen LogP) is 2.75. The van der Waals surface area contributed by atoms with Gasteiger partial charge in [-0.25, -0.2) is 0 Å². The van der Waals surface area contributed by atoms with Crippen LogP contribution in [0.25, 0.3) is 0 Å². The molecular formula is C12H16O2. The summed E-state index contributed by atoms with van der Waals surface area (Å²) in [6.07, 6.45) is 0.969. The second kappa shape index (κ2) is 3.52. The summed E-state index contributed by atoms with van der Waals surface area (Å²) in [5, 5.41) is 0. The fraction of sp³-hybridized carbons (Fsp3) is 0.500. The van der Waals surface area contributed by atoms with E-state index in [2.05, 4.69) is 26.0 Å². The minimum Gasteiger partial charge on any atom is -0.496 e. The van der Waals surface area contributed by atoms with E-state index in [4.69, 9.17) is 9.47 Å². The summed E-state index contributed by atoms with van der Waals surface area (Å²) >= 11 is 0. The van der Waals surface area contributed by atoms with Crippen LogP contribution in [0.3, 0.4) is 0 Å². The zero-order valence-electron chi connectivity index (χ0n) is 8.96. The molecule has 0 amide bonds. The lowest BCUT2D eigenvalue weighted by molar-refractivity contribution is 0.356. The van der Waals surface area contributed by atoms with Gasteiger partial charge in [0.15, 0.2) is 0 Å². The van der Waals surface area contributed by atoms with Crippen LogP contribution in [-0.2, 0) is 6.42 Å². The molecule has 0 saturated carbocycles. The van der Waals surface area contributed by atoms with E-state index in [9.17, 15) is 0 Å². The van der Waals surface area contributed by atoms with Crippen molar-refractivity contribution >= 4 is 0 Å². The number of ether oxygens (including phenoxy) is 2. The molecule has 14 heavy (non-hydrogen) atoms. The predicted molar refractivity (Wildman–Crippen MR) is 56.3 cm³/mol. The van der Waals surface area contributed by atoms with Crippen molar-refractivity contribution in [3.63, 3.8) is 0 Å². The van der Waals surface area contributed by atoms with Crippen molar-refractivity contribution in [1.82, 2.24) is 0 Å². The maximum Gasteiger partial charge on any atom is 0.126 e. The summed E-state index contributed by atoms with van der Waals surface area (Å²) in [6.45, 7) is 5.14. The number of fused-ring (bicyclic) bond motifs is 1. The van der Waals surface area contributed by atoms with Gasteiger partial charge in [0.1, 0.15) is 11.5 Å². The number of hydrogen-bond acceptors (Lipinski definition) is 2. The van der Waals surface area contributed by atoms with Gasteiger partial charge in [-0.1, -0.05) is 13.8 Å². The molecule has 1 aromatic carbocycles. The van der Waals surface area contributed by atoms with Gasteiger partial charge in [0.25, 0.3) is 0 Å². The molecule has 0 atom stereocenters. The van der Waals surface area contributed by atoms with Crippen molar-refractivity contribution in [1.29, 1.82) is 0 Å². The molecule has 0 saturated heterocycles. The minimum atomic E-state index is 0.512. The van der Waals surface area contributed by atoms with Crippen molar-refractivity contribution in [3.8, 4) is 11.5 Å². The lowest BCUT2D eigenvalue weighted by Gasteiger charge is -2.11. The second-order valence-electron chi connectivity index (χ2n) is 3.95. The van der Waals surface area contributed by atoms with E-state index >= 15 is 0 Å². The van der Waals surface area contributed by atoms with Gasteiger partial charge in [-0.05, 0) is 23.6 Å². The smallest absolute Gasteiger partial charge is 0.126 e. The quantitative estimate of drug-likeness (QED) is 0.717. The molecule has 2 heteroatoms. The Balaban J connectivity index is 2.49. The third-order valence-electron chi connectivity index (χ3n) is 2.69. The van der Waals surface area contributed by atoms with Gasteiger partial charge in [0.05, 0.1) is 13.7 Å². The molecule has 0 unspecified atom stereocenters. The number of benzene rings is 1. The standard InChI is InChI=1S/C12H16O2/c1-8(2)9-6-11(13-3)10-4-5-14-12(10)7-9/h6-8H,4-5H2,1-3H3. The van der Waals surface area contributed by atoms with Crippen LogP contribution < -0.4 is 9.47 Å². The van der Waals surface area contributed by atoms with E-state index in [1.165, 1.54) is 11.1 Å². The summed E-state index contributed by atoms with van der Waals surface area (Å²) in [5.41, 5.74) is 2.50. The van der Waals surface area contributed by atoms with Crippen LogP contribution in [-0.4, -0.2) is 13.7 Å². The first-order chi connectivity index (χ1) is 6.72. The Kier molecular flexibility index (Phi) is 2.36. The summed E-state index contributed by atoms with van der Waals surface area (Å²) in [6, 6.07) is 4.26. The van der Waals surface area contributed by atoms with Gasteiger partial charge in [-0.2, -0.15) is 0 Å². The van der Waals surface area contributed by atoms with Crippen molar-refractivity contribution in [3.05, 3.63) is 23.3 Å². The fourth-order valence-corrected chi connectivity index (χ4v) is 1.79. The van der Waals surface area contributed by atoms with Crippen molar-refractivity contribution in [2.24, 2.45) is 0 Å². The van der Waals surface area contributed by atoms with Gasteiger partial charge >= 0.3 is 0 Å². The van der Waals surface area contributed by atoms with Crippen molar-refractivity contribution in [2.75, 3.05) is 13.7 Å². The van der Waals surface area contributed by atoms with Gasteiger partial charge in [-0.3, -0.25) is 0 Å². The molecule has 2 rings (SSSR count). The first-order valence-corrected chi connectivity index (χ1v) is 5.06. The average Bonchev–Trinajstić information content (AvgIpc) is 2.63. The van der Waals surface area contributed by atoms with Gasteiger partial charge in [-0.15, -0.1) is 0 Å². The largest absolute Gasteiger partial charge is 0.496 e. The average molecular weight is 192 g/mol. The summed E-state index contributed by atoms with van der Waals surface area (Å²) in [7, 11) is 1.72. The normalized spacial score (nSPS) is 14.0. The van der Waals surface area contributed by atoms with Crippen LogP contribution in [0.4, 0.5) is 0 Å². The van der Waals surface area contributed by atoms with E-state index in [-0.39, 0.29) is 0 Å². The number of methoxy groups -OCH3 is 1. The Labute approximate surface area is 84.8 Å². The van der Waals surface area contributed by atoms with E-state index in [1.807, 2.05) is 0 Å². The third-order valence-corrected chi connectivity index (χ3v) is 2.69. The van der Waals surface area contributed by atoms with E-state index in [0.717, 1.165) is 24.5 Å². The topological polar surface area (TPSA) is 18.5 Å². The molecule has 0 fully saturated rings. The van der Waals surface area contributed by atoms with E-state index in [0.29, 0.717) is 5.92 Å². The first-order valence-electron chi connectivity index (χ1n) is 5.06. The van der Waals surface area contributed by atoms with Crippen LogP contribution in [0.2, 0.25) is 0 Å². The fourth-order valence-electron chi connectivity index (χ4n) is 1.79. The van der Waals surface area contributed by atoms with Crippen molar-refractivity contribution in [2.45, 2.75) is 26.2 Å². The Morgan fingerprint density at radius 2 is 2.14 bits per heavy atom. The molecule has 0 aromatic heterocycles. The first kappa shape index (κ1) is 9.38. The molecule has 0 radical (unpaired) electrons. The SMILES string of the molecule is COc1cc(C(C)C)cc2c1CCO2. The number of hydrogen-bond donors (Lipinski definition) is 0. The zero-order chi connectivity index (χ0) is 10.1. The molecule has 1 aromatic rings. The molecule has 1 heterocycles. The Bertz CT molecular complexity index is 342. The second-order valence-corrected chi connectivity index (χ2v) is 3.95. The Hall–Kier alpha value is -1.18. The molecule has 0 bridgehead atoms. The highest BCUT2D eigenvalue weighted by molar-refractivity contribution is 5.50. The highest BCUT2D eigenvalue weighted by Gasteiger charge is 2.18. The maximum atomic E-state index is 5.55. The van der Waals surface area contributed by atoms with Crippen LogP contribution in [0.5, 0.6) is 11.5 Å². The molecular weight excluding hydrogens is 176 g/mol. The van der Waals surface area contributed by atoms with Crippen LogP contribution in [0.1, 0.15) is 30.9 Å². The van der Waals surface area contributed by atoms with Crippen LogP contribution in [0, 0.1) is 0 Å². The minimum absolute atomic E-state index is 0.512. The Morgan fingerprint density at radius 1 is 1.36 bits per heavy atom. The van der Waals surface area contributed by atoms with E-state index in [1.54, 1.807) is 7.11 Å². The van der Waals surface area contributed by atoms with Gasteiger partial charge < -0.3 is 9.47 Å². The zero-order valence-corrected chi connectivity index (χ0v) is 8.96. The summed E-state index contributed by atoms with van der Waals surface area (Å²) in [4.78, 5) is 0. The van der Waals surface area contributed by atoms with Crippen LogP contribution >= 0.6 is 0 Å². The molecule has 0 N–H and O–H groups in total. The van der Waals surface area contributed by atoms with Gasteiger partial charge in [0, 0.05) is 12.0 Å². The van der Waals surface area contributed by atoms with Crippen molar-refractivity contribution < 1.29 is 9.47 Å². The maximum absolute atomic E-state index is 5.55. The van der Waals surface area contributed by atoms with Gasteiger partial charge in [0.2, 0.25) is 0 Å². The summed E-state index contributed by atoms with van der Waals surface area (Å²) in [5.74, 6) is 2.50. The number of rotatable bonds is 2. The molecule has 1 aliphatic rings. The third kappa shape index (κ3) is 1.45. The highest BCUT2D eigenvalue weighted by Crippen LogP contribution is 2.36.